The summed E-state index contributed by atoms with van der Waals surface area (Å²) in [6, 6.07) is 10.7. The van der Waals surface area contributed by atoms with Crippen molar-refractivity contribution < 1.29 is 0 Å². The topological polar surface area (TPSA) is 16.1 Å². The lowest BCUT2D eigenvalue weighted by atomic mass is 9.87. The van der Waals surface area contributed by atoms with Gasteiger partial charge in [0.2, 0.25) is 0 Å². The Kier molecular flexibility index (Phi) is 4.66. The van der Waals surface area contributed by atoms with Crippen LogP contribution in [-0.2, 0) is 12.8 Å². The molecule has 1 aliphatic carbocycles. The summed E-state index contributed by atoms with van der Waals surface area (Å²) in [6.07, 6.45) is 6.22. The molecule has 0 saturated carbocycles. The zero-order valence-electron chi connectivity index (χ0n) is 16.0. The highest BCUT2D eigenvalue weighted by Crippen LogP contribution is 2.39. The molecule has 4 rings (SSSR count). The van der Waals surface area contributed by atoms with Crippen molar-refractivity contribution in [3.8, 4) is 0 Å². The maximum Gasteiger partial charge on any atom is 0.0739 e. The summed E-state index contributed by atoms with van der Waals surface area (Å²) in [5, 5.41) is 0.828. The zero-order valence-corrected chi connectivity index (χ0v) is 16.7. The third-order valence-electron chi connectivity index (χ3n) is 5.80. The Morgan fingerprint density at radius 2 is 1.69 bits per heavy atom. The Hall–Kier alpha value is -1.64. The highest BCUT2D eigenvalue weighted by Gasteiger charge is 2.28. The largest absolute Gasteiger partial charge is 0.298 e. The summed E-state index contributed by atoms with van der Waals surface area (Å²) in [4.78, 5) is 7.41. The van der Waals surface area contributed by atoms with Crippen LogP contribution in [0.3, 0.4) is 0 Å². The number of benzene rings is 1. The number of piperidine rings is 1. The zero-order chi connectivity index (χ0) is 18.3. The van der Waals surface area contributed by atoms with Gasteiger partial charge in [-0.15, -0.1) is 0 Å². The first-order chi connectivity index (χ1) is 12.4. The van der Waals surface area contributed by atoms with Crippen molar-refractivity contribution in [3.05, 3.63) is 69.5 Å². The molecule has 0 bridgehead atoms. The average Bonchev–Trinajstić information content (AvgIpc) is 2.78. The monoisotopic (exact) mass is 366 g/mol. The van der Waals surface area contributed by atoms with E-state index in [4.69, 9.17) is 16.6 Å². The number of aromatic nitrogens is 1. The molecular formula is C23H27ClN2. The van der Waals surface area contributed by atoms with Crippen LogP contribution in [0.25, 0.3) is 5.57 Å². The van der Waals surface area contributed by atoms with Gasteiger partial charge >= 0.3 is 0 Å². The minimum absolute atomic E-state index is 0.237. The first-order valence-electron chi connectivity index (χ1n) is 9.63. The molecule has 26 heavy (non-hydrogen) atoms. The minimum Gasteiger partial charge on any atom is -0.298 e. The molecule has 2 aromatic rings. The third kappa shape index (κ3) is 3.33. The predicted octanol–water partition coefficient (Wildman–Crippen LogP) is 5.53. The Labute approximate surface area is 161 Å². The lowest BCUT2D eigenvalue weighted by Crippen LogP contribution is -2.44. The number of nitrogens with zero attached hydrogens (tertiary/aromatic N) is 2. The van der Waals surface area contributed by atoms with Gasteiger partial charge in [0, 0.05) is 35.4 Å². The smallest absolute Gasteiger partial charge is 0.0739 e. The number of hydrogen-bond acceptors (Lipinski definition) is 2. The molecule has 1 aromatic heterocycles. The SMILES string of the molecule is CC(C)(C)N1CCC(=C2c3ccc(Cl)cc3CCc3cccnc32)CC1. The van der Waals surface area contributed by atoms with E-state index >= 15 is 0 Å². The summed E-state index contributed by atoms with van der Waals surface area (Å²) < 4.78 is 0. The summed E-state index contributed by atoms with van der Waals surface area (Å²) in [5.41, 5.74) is 8.41. The van der Waals surface area contributed by atoms with Crippen LogP contribution in [-0.4, -0.2) is 28.5 Å². The van der Waals surface area contributed by atoms with Gasteiger partial charge in [0.15, 0.2) is 0 Å². The third-order valence-corrected chi connectivity index (χ3v) is 6.03. The van der Waals surface area contributed by atoms with Crippen molar-refractivity contribution in [2.75, 3.05) is 13.1 Å². The number of halogens is 1. The minimum atomic E-state index is 0.237. The summed E-state index contributed by atoms with van der Waals surface area (Å²) in [7, 11) is 0. The van der Waals surface area contributed by atoms with E-state index < -0.39 is 0 Å². The first-order valence-corrected chi connectivity index (χ1v) is 10.0. The molecule has 0 atom stereocenters. The summed E-state index contributed by atoms with van der Waals surface area (Å²) >= 11 is 6.31. The second kappa shape index (κ2) is 6.83. The van der Waals surface area contributed by atoms with Crippen LogP contribution < -0.4 is 0 Å². The lowest BCUT2D eigenvalue weighted by molar-refractivity contribution is 0.126. The van der Waals surface area contributed by atoms with Crippen molar-refractivity contribution in [1.29, 1.82) is 0 Å². The maximum atomic E-state index is 6.31. The van der Waals surface area contributed by atoms with Gasteiger partial charge in [0.1, 0.15) is 0 Å². The standard InChI is InChI=1S/C23H27ClN2/c1-23(2,3)26-13-10-16(11-14-26)21-20-9-8-19(24)15-18(20)7-6-17-5-4-12-25-22(17)21/h4-5,8-9,12,15H,6-7,10-11,13-14H2,1-3H3. The van der Waals surface area contributed by atoms with E-state index in [1.807, 2.05) is 12.3 Å². The maximum absolute atomic E-state index is 6.31. The Morgan fingerprint density at radius 1 is 0.962 bits per heavy atom. The van der Waals surface area contributed by atoms with Gasteiger partial charge < -0.3 is 0 Å². The number of rotatable bonds is 0. The van der Waals surface area contributed by atoms with E-state index in [9.17, 15) is 0 Å². The van der Waals surface area contributed by atoms with Gasteiger partial charge in [-0.1, -0.05) is 29.3 Å². The fourth-order valence-corrected chi connectivity index (χ4v) is 4.53. The average molecular weight is 367 g/mol. The normalized spacial score (nSPS) is 18.3. The van der Waals surface area contributed by atoms with E-state index in [-0.39, 0.29) is 5.54 Å². The number of likely N-dealkylation sites (tertiary alicyclic amines) is 1. The van der Waals surface area contributed by atoms with Crippen LogP contribution in [0.15, 0.2) is 42.1 Å². The van der Waals surface area contributed by atoms with Crippen LogP contribution in [0, 0.1) is 0 Å². The van der Waals surface area contributed by atoms with Crippen LogP contribution in [0.5, 0.6) is 0 Å². The van der Waals surface area contributed by atoms with Gasteiger partial charge in [-0.25, -0.2) is 0 Å². The van der Waals surface area contributed by atoms with Crippen molar-refractivity contribution in [2.45, 2.75) is 52.0 Å². The van der Waals surface area contributed by atoms with Crippen LogP contribution in [0.2, 0.25) is 5.02 Å². The van der Waals surface area contributed by atoms with Gasteiger partial charge in [-0.05, 0) is 81.3 Å². The van der Waals surface area contributed by atoms with Crippen LogP contribution in [0.4, 0.5) is 0 Å². The molecule has 3 heteroatoms. The molecule has 0 spiro atoms. The van der Waals surface area contributed by atoms with E-state index in [2.05, 4.69) is 49.9 Å². The van der Waals surface area contributed by atoms with Crippen molar-refractivity contribution in [2.24, 2.45) is 0 Å². The van der Waals surface area contributed by atoms with E-state index in [1.54, 1.807) is 5.57 Å². The van der Waals surface area contributed by atoms with Gasteiger partial charge in [0.05, 0.1) is 5.69 Å². The molecule has 1 aliphatic heterocycles. The number of pyridine rings is 1. The molecule has 136 valence electrons. The molecular weight excluding hydrogens is 340 g/mol. The molecule has 2 nitrogen and oxygen atoms in total. The van der Waals surface area contributed by atoms with Crippen LogP contribution in [0.1, 0.15) is 56.0 Å². The Bertz CT molecular complexity index is 851. The molecule has 1 aromatic carbocycles. The fraction of sp³-hybridized carbons (Fsp3) is 0.435. The van der Waals surface area contributed by atoms with Crippen molar-refractivity contribution >= 4 is 17.2 Å². The molecule has 0 radical (unpaired) electrons. The van der Waals surface area contributed by atoms with Crippen LogP contribution >= 0.6 is 11.6 Å². The van der Waals surface area contributed by atoms with E-state index in [0.717, 1.165) is 43.8 Å². The van der Waals surface area contributed by atoms with Crippen molar-refractivity contribution in [1.82, 2.24) is 9.88 Å². The van der Waals surface area contributed by atoms with Gasteiger partial charge in [0.25, 0.3) is 0 Å². The fourth-order valence-electron chi connectivity index (χ4n) is 4.33. The Morgan fingerprint density at radius 3 is 2.42 bits per heavy atom. The molecule has 0 amide bonds. The number of fused-ring (bicyclic) bond motifs is 2. The lowest BCUT2D eigenvalue weighted by Gasteiger charge is -2.39. The van der Waals surface area contributed by atoms with Gasteiger partial charge in [-0.3, -0.25) is 9.88 Å². The molecule has 2 aliphatic rings. The van der Waals surface area contributed by atoms with Crippen molar-refractivity contribution in [3.63, 3.8) is 0 Å². The number of aryl methyl sites for hydroxylation is 2. The summed E-state index contributed by atoms with van der Waals surface area (Å²) in [6.45, 7) is 9.17. The highest BCUT2D eigenvalue weighted by atomic mass is 35.5. The van der Waals surface area contributed by atoms with Gasteiger partial charge in [-0.2, -0.15) is 0 Å². The van der Waals surface area contributed by atoms with E-state index in [1.165, 1.54) is 28.0 Å². The Balaban J connectivity index is 1.82. The molecule has 0 N–H and O–H groups in total. The second-order valence-corrected chi connectivity index (χ2v) is 8.89. The van der Waals surface area contributed by atoms with E-state index in [0.29, 0.717) is 0 Å². The highest BCUT2D eigenvalue weighted by molar-refractivity contribution is 6.30. The predicted molar refractivity (Wildman–Crippen MR) is 110 cm³/mol. The summed E-state index contributed by atoms with van der Waals surface area (Å²) in [5.74, 6) is 0. The molecule has 2 heterocycles. The molecule has 1 fully saturated rings. The molecule has 1 saturated heterocycles. The second-order valence-electron chi connectivity index (χ2n) is 8.45. The quantitative estimate of drug-likeness (QED) is 0.609. The number of hydrogen-bond donors (Lipinski definition) is 0. The molecule has 0 unspecified atom stereocenters. The first kappa shape index (κ1) is 17.8.